The van der Waals surface area contributed by atoms with E-state index >= 15 is 0 Å². The van der Waals surface area contributed by atoms with Crippen LogP contribution < -0.4 is 10.4 Å². The first kappa shape index (κ1) is 12.1. The number of nitrogens with zero attached hydrogens (tertiary/aromatic N) is 1. The van der Waals surface area contributed by atoms with Crippen LogP contribution in [0, 0.1) is 6.92 Å². The van der Waals surface area contributed by atoms with Crippen molar-refractivity contribution >= 4 is 33.3 Å². The summed E-state index contributed by atoms with van der Waals surface area (Å²) >= 11 is 5.97. The molecule has 0 unspecified atom stereocenters. The minimum atomic E-state index is -0.196. The Morgan fingerprint density at radius 2 is 1.79 bits per heavy atom. The molecule has 0 aliphatic carbocycles. The van der Waals surface area contributed by atoms with Gasteiger partial charge >= 0.3 is 0 Å². The van der Waals surface area contributed by atoms with E-state index in [1.54, 1.807) is 12.1 Å². The molecule has 3 nitrogen and oxygen atoms in total. The highest BCUT2D eigenvalue weighted by atomic mass is 35.5. The van der Waals surface area contributed by atoms with Gasteiger partial charge in [0.1, 0.15) is 7.11 Å². The summed E-state index contributed by atoms with van der Waals surface area (Å²) in [7, 11) is 1.49. The molecule has 0 aliphatic rings. The molecule has 0 spiro atoms. The molecule has 2 aromatic carbocycles. The molecule has 19 heavy (non-hydrogen) atoms. The van der Waals surface area contributed by atoms with Gasteiger partial charge in [-0.3, -0.25) is 4.79 Å². The lowest BCUT2D eigenvalue weighted by molar-refractivity contribution is 0.170. The second kappa shape index (κ2) is 4.28. The van der Waals surface area contributed by atoms with E-state index in [0.717, 1.165) is 21.9 Å². The van der Waals surface area contributed by atoms with E-state index in [4.69, 9.17) is 16.4 Å². The van der Waals surface area contributed by atoms with Crippen molar-refractivity contribution in [2.75, 3.05) is 7.11 Å². The van der Waals surface area contributed by atoms with Crippen molar-refractivity contribution in [1.29, 1.82) is 0 Å². The second-order valence-electron chi connectivity index (χ2n) is 4.49. The molecule has 0 aliphatic heterocycles. The third-order valence-corrected chi connectivity index (χ3v) is 3.48. The normalized spacial score (nSPS) is 11.1. The van der Waals surface area contributed by atoms with E-state index < -0.39 is 0 Å². The van der Waals surface area contributed by atoms with E-state index in [9.17, 15) is 4.79 Å². The molecular formula is C15H12ClNO2. The quantitative estimate of drug-likeness (QED) is 0.638. The highest BCUT2D eigenvalue weighted by molar-refractivity contribution is 6.31. The van der Waals surface area contributed by atoms with E-state index in [0.29, 0.717) is 10.4 Å². The minimum Gasteiger partial charge on any atom is -0.413 e. The molecule has 96 valence electrons. The first-order valence-electron chi connectivity index (χ1n) is 5.91. The van der Waals surface area contributed by atoms with Gasteiger partial charge < -0.3 is 4.84 Å². The van der Waals surface area contributed by atoms with Crippen LogP contribution in [0.1, 0.15) is 5.56 Å². The number of aryl methyl sites for hydroxylation is 1. The van der Waals surface area contributed by atoms with Gasteiger partial charge in [0.2, 0.25) is 0 Å². The Kier molecular flexibility index (Phi) is 2.72. The molecule has 3 aromatic rings. The Labute approximate surface area is 114 Å². The zero-order valence-corrected chi connectivity index (χ0v) is 11.4. The smallest absolute Gasteiger partial charge is 0.291 e. The molecule has 1 aromatic heterocycles. The molecule has 0 atom stereocenters. The fraction of sp³-hybridized carbons (Fsp3) is 0.133. The molecular weight excluding hydrogens is 262 g/mol. The molecule has 0 bridgehead atoms. The van der Waals surface area contributed by atoms with Gasteiger partial charge in [-0.15, -0.1) is 4.73 Å². The predicted molar refractivity (Wildman–Crippen MR) is 78.0 cm³/mol. The topological polar surface area (TPSA) is 31.2 Å². The van der Waals surface area contributed by atoms with Crippen molar-refractivity contribution in [3.8, 4) is 0 Å². The largest absolute Gasteiger partial charge is 0.413 e. The van der Waals surface area contributed by atoms with Gasteiger partial charge in [0.15, 0.2) is 0 Å². The summed E-state index contributed by atoms with van der Waals surface area (Å²) in [5.74, 6) is 0. The minimum absolute atomic E-state index is 0.196. The Balaban J connectivity index is 2.64. The molecule has 0 saturated heterocycles. The maximum absolute atomic E-state index is 12.4. The monoisotopic (exact) mass is 273 g/mol. The highest BCUT2D eigenvalue weighted by Gasteiger charge is 2.11. The fourth-order valence-corrected chi connectivity index (χ4v) is 2.54. The van der Waals surface area contributed by atoms with Crippen molar-refractivity contribution in [2.45, 2.75) is 6.92 Å². The van der Waals surface area contributed by atoms with Crippen LogP contribution in [0.5, 0.6) is 0 Å². The van der Waals surface area contributed by atoms with E-state index in [-0.39, 0.29) is 5.56 Å². The van der Waals surface area contributed by atoms with Gasteiger partial charge in [0.05, 0.1) is 10.9 Å². The van der Waals surface area contributed by atoms with Crippen LogP contribution in [0.2, 0.25) is 5.02 Å². The fourth-order valence-electron chi connectivity index (χ4n) is 2.37. The number of aromatic nitrogens is 1. The van der Waals surface area contributed by atoms with Crippen LogP contribution in [-0.4, -0.2) is 11.8 Å². The lowest BCUT2D eigenvalue weighted by atomic mass is 10.1. The number of rotatable bonds is 1. The summed E-state index contributed by atoms with van der Waals surface area (Å²) < 4.78 is 1.31. The SMILES string of the molecule is COn1c(=O)c2cc(Cl)ccc2c2ccc(C)cc21. The van der Waals surface area contributed by atoms with Crippen LogP contribution in [0.25, 0.3) is 21.7 Å². The lowest BCUT2D eigenvalue weighted by Gasteiger charge is -2.12. The number of fused-ring (bicyclic) bond motifs is 3. The first-order valence-corrected chi connectivity index (χ1v) is 6.29. The zero-order valence-electron chi connectivity index (χ0n) is 10.6. The molecule has 4 heteroatoms. The zero-order chi connectivity index (χ0) is 13.6. The maximum atomic E-state index is 12.4. The van der Waals surface area contributed by atoms with Crippen LogP contribution >= 0.6 is 11.6 Å². The van der Waals surface area contributed by atoms with E-state index in [2.05, 4.69) is 0 Å². The van der Waals surface area contributed by atoms with E-state index in [1.807, 2.05) is 31.2 Å². The standard InChI is InChI=1S/C15H12ClNO2/c1-9-3-5-12-11-6-4-10(16)8-13(11)15(18)17(19-2)14(12)7-9/h3-8H,1-2H3. The number of halogens is 1. The summed E-state index contributed by atoms with van der Waals surface area (Å²) in [5, 5.41) is 2.96. The number of hydrogen-bond donors (Lipinski definition) is 0. The average molecular weight is 274 g/mol. The van der Waals surface area contributed by atoms with Gasteiger partial charge in [-0.25, -0.2) is 0 Å². The predicted octanol–water partition coefficient (Wildman–Crippen LogP) is 3.17. The molecule has 0 N–H and O–H groups in total. The van der Waals surface area contributed by atoms with Crippen molar-refractivity contribution in [3.05, 3.63) is 57.3 Å². The summed E-state index contributed by atoms with van der Waals surface area (Å²) in [6, 6.07) is 11.3. The van der Waals surface area contributed by atoms with Crippen molar-refractivity contribution < 1.29 is 4.84 Å². The van der Waals surface area contributed by atoms with Crippen molar-refractivity contribution in [1.82, 2.24) is 4.73 Å². The lowest BCUT2D eigenvalue weighted by Crippen LogP contribution is -2.25. The maximum Gasteiger partial charge on any atom is 0.291 e. The van der Waals surface area contributed by atoms with Crippen LogP contribution in [-0.2, 0) is 0 Å². The number of hydrogen-bond acceptors (Lipinski definition) is 2. The third-order valence-electron chi connectivity index (χ3n) is 3.24. The van der Waals surface area contributed by atoms with Crippen molar-refractivity contribution in [3.63, 3.8) is 0 Å². The molecule has 0 saturated carbocycles. The van der Waals surface area contributed by atoms with Crippen LogP contribution in [0.15, 0.2) is 41.2 Å². The highest BCUT2D eigenvalue weighted by Crippen LogP contribution is 2.25. The molecule has 3 rings (SSSR count). The van der Waals surface area contributed by atoms with Gasteiger partial charge in [-0.05, 0) is 36.1 Å². The van der Waals surface area contributed by atoms with Gasteiger partial charge in [-0.1, -0.05) is 29.8 Å². The summed E-state index contributed by atoms with van der Waals surface area (Å²) in [6.07, 6.45) is 0. The van der Waals surface area contributed by atoms with Crippen LogP contribution in [0.3, 0.4) is 0 Å². The molecule has 0 radical (unpaired) electrons. The molecule has 0 fully saturated rings. The second-order valence-corrected chi connectivity index (χ2v) is 4.93. The Morgan fingerprint density at radius 1 is 1.05 bits per heavy atom. The van der Waals surface area contributed by atoms with Gasteiger partial charge in [0, 0.05) is 10.4 Å². The molecule has 0 amide bonds. The van der Waals surface area contributed by atoms with Crippen molar-refractivity contribution in [2.24, 2.45) is 0 Å². The van der Waals surface area contributed by atoms with Crippen LogP contribution in [0.4, 0.5) is 0 Å². The Hall–Kier alpha value is -2.00. The average Bonchev–Trinajstić information content (AvgIpc) is 2.39. The third kappa shape index (κ3) is 1.78. The summed E-state index contributed by atoms with van der Waals surface area (Å²) in [5.41, 5.74) is 1.64. The number of pyridine rings is 1. The van der Waals surface area contributed by atoms with Gasteiger partial charge in [0.25, 0.3) is 5.56 Å². The Bertz CT molecular complexity index is 852. The summed E-state index contributed by atoms with van der Waals surface area (Å²) in [4.78, 5) is 17.6. The summed E-state index contributed by atoms with van der Waals surface area (Å²) in [6.45, 7) is 1.98. The Morgan fingerprint density at radius 3 is 2.53 bits per heavy atom. The molecule has 1 heterocycles. The first-order chi connectivity index (χ1) is 9.11. The van der Waals surface area contributed by atoms with Gasteiger partial charge in [-0.2, -0.15) is 0 Å². The number of benzene rings is 2. The van der Waals surface area contributed by atoms with E-state index in [1.165, 1.54) is 11.8 Å².